The molecule has 28 heavy (non-hydrogen) atoms. The zero-order valence-electron chi connectivity index (χ0n) is 15.1. The van der Waals surface area contributed by atoms with Crippen molar-refractivity contribution in [1.82, 2.24) is 5.32 Å². The van der Waals surface area contributed by atoms with Gasteiger partial charge >= 0.3 is 5.97 Å². The molecule has 7 nitrogen and oxygen atoms in total. The summed E-state index contributed by atoms with van der Waals surface area (Å²) in [6.45, 7) is 0.180. The number of esters is 1. The van der Waals surface area contributed by atoms with Gasteiger partial charge in [0.1, 0.15) is 18.1 Å². The van der Waals surface area contributed by atoms with Crippen LogP contribution in [-0.4, -0.2) is 18.5 Å². The van der Waals surface area contributed by atoms with Crippen LogP contribution in [-0.2, 0) is 22.7 Å². The number of nitrogen functional groups attached to an aromatic ring is 1. The number of carbonyl (C=O) groups is 2. The Morgan fingerprint density at radius 2 is 1.86 bits per heavy atom. The molecule has 0 radical (unpaired) electrons. The first-order valence-electron chi connectivity index (χ1n) is 8.64. The fraction of sp³-hybridized carbons (Fsp3) is 0.143. The predicted octanol–water partition coefficient (Wildman–Crippen LogP) is 2.91. The van der Waals surface area contributed by atoms with Crippen LogP contribution >= 0.6 is 0 Å². The second-order valence-corrected chi connectivity index (χ2v) is 5.96. The minimum Gasteiger partial charge on any atom is -0.482 e. The van der Waals surface area contributed by atoms with Gasteiger partial charge in [-0.1, -0.05) is 30.3 Å². The topological polar surface area (TPSA) is 104 Å². The molecule has 0 fully saturated rings. The zero-order valence-corrected chi connectivity index (χ0v) is 15.1. The Bertz CT molecular complexity index is 923. The van der Waals surface area contributed by atoms with Crippen LogP contribution in [0.1, 0.15) is 21.7 Å². The van der Waals surface area contributed by atoms with Gasteiger partial charge in [-0.05, 0) is 35.9 Å². The molecule has 0 spiro atoms. The number of carbonyl (C=O) groups excluding carboxylic acids is 2. The molecule has 144 valence electrons. The van der Waals surface area contributed by atoms with E-state index in [2.05, 4.69) is 5.32 Å². The molecule has 1 heterocycles. The van der Waals surface area contributed by atoms with E-state index in [1.165, 1.54) is 18.4 Å². The minimum absolute atomic E-state index is 0.162. The summed E-state index contributed by atoms with van der Waals surface area (Å²) in [5.41, 5.74) is 7.36. The fourth-order valence-corrected chi connectivity index (χ4v) is 2.39. The molecule has 7 heteroatoms. The maximum absolute atomic E-state index is 12.2. The third kappa shape index (κ3) is 5.38. The molecule has 0 aliphatic carbocycles. The fourth-order valence-electron chi connectivity index (χ4n) is 2.39. The average molecular weight is 380 g/mol. The van der Waals surface area contributed by atoms with Crippen molar-refractivity contribution in [2.75, 3.05) is 12.3 Å². The largest absolute Gasteiger partial charge is 0.482 e. The highest BCUT2D eigenvalue weighted by atomic mass is 16.5. The number of rotatable bonds is 8. The Morgan fingerprint density at radius 1 is 1.04 bits per heavy atom. The van der Waals surface area contributed by atoms with Crippen molar-refractivity contribution in [3.8, 4) is 5.75 Å². The van der Waals surface area contributed by atoms with Gasteiger partial charge in [-0.3, -0.25) is 4.79 Å². The van der Waals surface area contributed by atoms with E-state index < -0.39 is 5.97 Å². The van der Waals surface area contributed by atoms with Crippen molar-refractivity contribution in [3.05, 3.63) is 83.8 Å². The van der Waals surface area contributed by atoms with E-state index >= 15 is 0 Å². The number of ether oxygens (including phenoxy) is 2. The van der Waals surface area contributed by atoms with Crippen LogP contribution < -0.4 is 15.8 Å². The van der Waals surface area contributed by atoms with Crippen LogP contribution in [0.15, 0.2) is 71.3 Å². The average Bonchev–Trinajstić information content (AvgIpc) is 3.24. The van der Waals surface area contributed by atoms with E-state index in [0.717, 1.165) is 5.56 Å². The van der Waals surface area contributed by atoms with Gasteiger partial charge in [-0.15, -0.1) is 0 Å². The van der Waals surface area contributed by atoms with Crippen molar-refractivity contribution < 1.29 is 23.5 Å². The maximum atomic E-state index is 12.2. The second kappa shape index (κ2) is 9.27. The Labute approximate surface area is 162 Å². The highest BCUT2D eigenvalue weighted by molar-refractivity contribution is 5.90. The van der Waals surface area contributed by atoms with Crippen LogP contribution in [0.5, 0.6) is 5.75 Å². The molecule has 0 unspecified atom stereocenters. The number of hydrogen-bond acceptors (Lipinski definition) is 6. The lowest BCUT2D eigenvalue weighted by atomic mass is 10.2. The Morgan fingerprint density at radius 3 is 2.61 bits per heavy atom. The lowest BCUT2D eigenvalue weighted by molar-refractivity contribution is -0.123. The summed E-state index contributed by atoms with van der Waals surface area (Å²) in [4.78, 5) is 24.1. The van der Waals surface area contributed by atoms with Crippen molar-refractivity contribution in [1.29, 1.82) is 0 Å². The molecule has 0 bridgehead atoms. The smallest absolute Gasteiger partial charge is 0.338 e. The summed E-state index contributed by atoms with van der Waals surface area (Å²) in [5, 5.41) is 2.66. The lowest BCUT2D eigenvalue weighted by Gasteiger charge is -2.11. The third-order valence-electron chi connectivity index (χ3n) is 3.86. The monoisotopic (exact) mass is 380 g/mol. The van der Waals surface area contributed by atoms with E-state index in [0.29, 0.717) is 11.4 Å². The van der Waals surface area contributed by atoms with Crippen LogP contribution in [0.3, 0.4) is 0 Å². The van der Waals surface area contributed by atoms with Crippen LogP contribution in [0.2, 0.25) is 0 Å². The summed E-state index contributed by atoms with van der Waals surface area (Å²) < 4.78 is 15.9. The summed E-state index contributed by atoms with van der Waals surface area (Å²) in [6.07, 6.45) is 1.53. The van der Waals surface area contributed by atoms with Crippen molar-refractivity contribution in [2.24, 2.45) is 0 Å². The van der Waals surface area contributed by atoms with Gasteiger partial charge < -0.3 is 24.9 Å². The number of furan rings is 1. The first-order chi connectivity index (χ1) is 13.6. The molecule has 1 amide bonds. The third-order valence-corrected chi connectivity index (χ3v) is 3.86. The SMILES string of the molecule is Nc1ccc(C(=O)OCc2ccccc2)cc1OCC(=O)NCc1ccco1. The quantitative estimate of drug-likeness (QED) is 0.460. The second-order valence-electron chi connectivity index (χ2n) is 5.96. The van der Waals surface area contributed by atoms with Gasteiger partial charge in [0.25, 0.3) is 5.91 Å². The zero-order chi connectivity index (χ0) is 19.8. The molecular formula is C21H20N2O5. The summed E-state index contributed by atoms with van der Waals surface area (Å²) >= 11 is 0. The van der Waals surface area contributed by atoms with Crippen LogP contribution in [0, 0.1) is 0 Å². The maximum Gasteiger partial charge on any atom is 0.338 e. The number of benzene rings is 2. The van der Waals surface area contributed by atoms with Crippen molar-refractivity contribution in [2.45, 2.75) is 13.2 Å². The molecule has 2 aromatic carbocycles. The van der Waals surface area contributed by atoms with Gasteiger partial charge in [-0.25, -0.2) is 4.79 Å². The first-order valence-corrected chi connectivity index (χ1v) is 8.64. The molecular weight excluding hydrogens is 360 g/mol. The van der Waals surface area contributed by atoms with E-state index in [4.69, 9.17) is 19.6 Å². The molecule has 0 saturated carbocycles. The molecule has 1 aromatic heterocycles. The number of anilines is 1. The molecule has 3 aromatic rings. The highest BCUT2D eigenvalue weighted by Crippen LogP contribution is 2.23. The van der Waals surface area contributed by atoms with Gasteiger partial charge in [0.2, 0.25) is 0 Å². The molecule has 0 aliphatic rings. The number of hydrogen-bond donors (Lipinski definition) is 2. The number of amides is 1. The number of nitrogens with one attached hydrogen (secondary N) is 1. The van der Waals surface area contributed by atoms with Crippen LogP contribution in [0.25, 0.3) is 0 Å². The normalized spacial score (nSPS) is 10.3. The number of nitrogens with two attached hydrogens (primary N) is 1. The van der Waals surface area contributed by atoms with Crippen molar-refractivity contribution in [3.63, 3.8) is 0 Å². The molecule has 0 atom stereocenters. The summed E-state index contributed by atoms with van der Waals surface area (Å²) in [6, 6.07) is 17.4. The van der Waals surface area contributed by atoms with Gasteiger partial charge in [-0.2, -0.15) is 0 Å². The van der Waals surface area contributed by atoms with Crippen molar-refractivity contribution >= 4 is 17.6 Å². The standard InChI is InChI=1S/C21H20N2O5/c22-18-9-8-16(21(25)28-13-15-5-2-1-3-6-15)11-19(18)27-14-20(24)23-12-17-7-4-10-26-17/h1-11H,12-14,22H2,(H,23,24). The molecule has 0 saturated heterocycles. The molecule has 3 N–H and O–H groups in total. The molecule has 0 aliphatic heterocycles. The predicted molar refractivity (Wildman–Crippen MR) is 102 cm³/mol. The Hall–Kier alpha value is -3.74. The lowest BCUT2D eigenvalue weighted by Crippen LogP contribution is -2.28. The van der Waals surface area contributed by atoms with Gasteiger partial charge in [0, 0.05) is 0 Å². The minimum atomic E-state index is -0.504. The summed E-state index contributed by atoms with van der Waals surface area (Å²) in [5.74, 6) is 0.0298. The summed E-state index contributed by atoms with van der Waals surface area (Å²) in [7, 11) is 0. The Kier molecular flexibility index (Phi) is 6.30. The highest BCUT2D eigenvalue weighted by Gasteiger charge is 2.12. The van der Waals surface area contributed by atoms with Gasteiger partial charge in [0.15, 0.2) is 6.61 Å². The molecule has 3 rings (SSSR count). The van der Waals surface area contributed by atoms with Crippen LogP contribution in [0.4, 0.5) is 5.69 Å². The van der Waals surface area contributed by atoms with E-state index in [1.807, 2.05) is 30.3 Å². The van der Waals surface area contributed by atoms with E-state index in [1.54, 1.807) is 18.2 Å². The van der Waals surface area contributed by atoms with E-state index in [9.17, 15) is 9.59 Å². The first kappa shape index (κ1) is 19.0. The van der Waals surface area contributed by atoms with Gasteiger partial charge in [0.05, 0.1) is 24.1 Å². The van der Waals surface area contributed by atoms with E-state index in [-0.39, 0.29) is 37.0 Å². The Balaban J connectivity index is 1.53.